The molecule has 1 aromatic heterocycles. The van der Waals surface area contributed by atoms with Gasteiger partial charge in [0.2, 0.25) is 0 Å². The van der Waals surface area contributed by atoms with Gasteiger partial charge in [-0.05, 0) is 36.8 Å². The molecule has 0 spiro atoms. The first-order valence-electron chi connectivity index (χ1n) is 8.54. The van der Waals surface area contributed by atoms with Crippen LogP contribution < -0.4 is 5.63 Å². The number of thioether (sulfide) groups is 1. The van der Waals surface area contributed by atoms with Crippen LogP contribution in [0.3, 0.4) is 0 Å². The number of rotatable bonds is 2. The van der Waals surface area contributed by atoms with Crippen molar-refractivity contribution in [3.05, 3.63) is 85.9 Å². The third kappa shape index (κ3) is 3.70. The molecule has 4 nitrogen and oxygen atoms in total. The lowest BCUT2D eigenvalue weighted by molar-refractivity contribution is 0.432. The van der Waals surface area contributed by atoms with Crippen molar-refractivity contribution in [2.24, 2.45) is 4.99 Å². The number of aryl methyl sites for hydroxylation is 1. The highest BCUT2D eigenvalue weighted by molar-refractivity contribution is 7.99. The van der Waals surface area contributed by atoms with Crippen molar-refractivity contribution in [3.8, 4) is 5.75 Å². The van der Waals surface area contributed by atoms with Crippen LogP contribution in [-0.2, 0) is 0 Å². The normalized spacial score (nSPS) is 16.2. The van der Waals surface area contributed by atoms with E-state index in [1.165, 1.54) is 6.07 Å². The molecule has 0 aliphatic carbocycles. The first-order valence-corrected chi connectivity index (χ1v) is 10.2. The van der Waals surface area contributed by atoms with E-state index in [0.717, 1.165) is 16.1 Å². The average molecular weight is 432 g/mol. The molecular weight excluding hydrogens is 417 g/mol. The van der Waals surface area contributed by atoms with Gasteiger partial charge in [0.1, 0.15) is 17.1 Å². The van der Waals surface area contributed by atoms with Gasteiger partial charge in [0, 0.05) is 22.6 Å². The van der Waals surface area contributed by atoms with Crippen LogP contribution in [-0.4, -0.2) is 10.8 Å². The van der Waals surface area contributed by atoms with E-state index in [0.29, 0.717) is 27.9 Å². The maximum atomic E-state index is 12.5. The molecule has 2 aromatic carbocycles. The fraction of sp³-hybridized carbons (Fsp3) is 0.143. The van der Waals surface area contributed by atoms with E-state index in [4.69, 9.17) is 32.6 Å². The number of para-hydroxylation sites is 1. The Bertz CT molecular complexity index is 1160. The SMILES string of the molecule is Cc1cc(O)c(C2=Nc3ccccc3SC(c3ccc(Cl)c(Cl)c3)C2)c(=O)o1. The summed E-state index contributed by atoms with van der Waals surface area (Å²) in [6, 6.07) is 14.6. The smallest absolute Gasteiger partial charge is 0.348 e. The Morgan fingerprint density at radius 2 is 1.93 bits per heavy atom. The zero-order chi connectivity index (χ0) is 19.8. The minimum absolute atomic E-state index is 0.0720. The predicted octanol–water partition coefficient (Wildman–Crippen LogP) is 6.32. The van der Waals surface area contributed by atoms with Crippen molar-refractivity contribution in [1.82, 2.24) is 0 Å². The maximum Gasteiger partial charge on any atom is 0.348 e. The first kappa shape index (κ1) is 19.1. The second kappa shape index (κ2) is 7.66. The molecule has 0 amide bonds. The maximum absolute atomic E-state index is 12.5. The van der Waals surface area contributed by atoms with E-state index < -0.39 is 5.63 Å². The molecule has 28 heavy (non-hydrogen) atoms. The van der Waals surface area contributed by atoms with E-state index in [9.17, 15) is 9.90 Å². The number of benzene rings is 2. The third-order valence-corrected chi connectivity index (χ3v) is 6.49. The van der Waals surface area contributed by atoms with Crippen molar-refractivity contribution in [1.29, 1.82) is 0 Å². The molecule has 0 saturated heterocycles. The molecule has 1 unspecified atom stereocenters. The van der Waals surface area contributed by atoms with E-state index in [1.807, 2.05) is 36.4 Å². The van der Waals surface area contributed by atoms with Gasteiger partial charge in [0.05, 0.1) is 21.4 Å². The van der Waals surface area contributed by atoms with Crippen molar-refractivity contribution < 1.29 is 9.52 Å². The number of aliphatic imine (C=N–C) groups is 1. The molecule has 2 heterocycles. The van der Waals surface area contributed by atoms with Gasteiger partial charge in [-0.15, -0.1) is 11.8 Å². The van der Waals surface area contributed by atoms with Crippen LogP contribution in [0.1, 0.15) is 28.6 Å². The van der Waals surface area contributed by atoms with Crippen LogP contribution in [0, 0.1) is 6.92 Å². The number of hydrogen-bond acceptors (Lipinski definition) is 5. The molecule has 1 atom stereocenters. The third-order valence-electron chi connectivity index (χ3n) is 4.43. The Morgan fingerprint density at radius 1 is 1.14 bits per heavy atom. The Balaban J connectivity index is 1.87. The average Bonchev–Trinajstić information content (AvgIpc) is 2.82. The lowest BCUT2D eigenvalue weighted by Gasteiger charge is -2.17. The Labute approximate surface area is 175 Å². The molecular formula is C21H15Cl2NO3S. The summed E-state index contributed by atoms with van der Waals surface area (Å²) in [6.07, 6.45) is 0.415. The van der Waals surface area contributed by atoms with Gasteiger partial charge in [0.25, 0.3) is 0 Å². The number of hydrogen-bond donors (Lipinski definition) is 1. The van der Waals surface area contributed by atoms with Gasteiger partial charge in [-0.25, -0.2) is 4.79 Å². The van der Waals surface area contributed by atoms with E-state index in [1.54, 1.807) is 24.8 Å². The molecule has 1 N–H and O–H groups in total. The molecule has 0 saturated carbocycles. The highest BCUT2D eigenvalue weighted by Crippen LogP contribution is 2.46. The zero-order valence-electron chi connectivity index (χ0n) is 14.8. The molecule has 7 heteroatoms. The molecule has 142 valence electrons. The highest BCUT2D eigenvalue weighted by atomic mass is 35.5. The van der Waals surface area contributed by atoms with E-state index >= 15 is 0 Å². The zero-order valence-corrected chi connectivity index (χ0v) is 17.1. The Morgan fingerprint density at radius 3 is 2.68 bits per heavy atom. The van der Waals surface area contributed by atoms with Crippen LogP contribution in [0.15, 0.2) is 67.6 Å². The highest BCUT2D eigenvalue weighted by Gasteiger charge is 2.26. The van der Waals surface area contributed by atoms with Crippen LogP contribution in [0.4, 0.5) is 5.69 Å². The predicted molar refractivity (Wildman–Crippen MR) is 114 cm³/mol. The van der Waals surface area contributed by atoms with Crippen molar-refractivity contribution >= 4 is 46.4 Å². The van der Waals surface area contributed by atoms with Crippen LogP contribution in [0.25, 0.3) is 0 Å². The van der Waals surface area contributed by atoms with Crippen LogP contribution >= 0.6 is 35.0 Å². The fourth-order valence-electron chi connectivity index (χ4n) is 3.13. The van der Waals surface area contributed by atoms with Crippen molar-refractivity contribution in [2.45, 2.75) is 23.5 Å². The van der Waals surface area contributed by atoms with Gasteiger partial charge < -0.3 is 9.52 Å². The Kier molecular flexibility index (Phi) is 5.23. The summed E-state index contributed by atoms with van der Waals surface area (Å²) in [7, 11) is 0. The molecule has 1 aliphatic heterocycles. The number of nitrogens with zero attached hydrogens (tertiary/aromatic N) is 1. The summed E-state index contributed by atoms with van der Waals surface area (Å²) in [5.74, 6) is 0.209. The Hall–Kier alpha value is -2.21. The molecule has 3 aromatic rings. The summed E-state index contributed by atoms with van der Waals surface area (Å²) in [5.41, 5.74) is 1.66. The summed E-state index contributed by atoms with van der Waals surface area (Å²) in [4.78, 5) is 18.1. The molecule has 0 radical (unpaired) electrons. The fourth-order valence-corrected chi connectivity index (χ4v) is 4.66. The second-order valence-corrected chi connectivity index (χ2v) is 8.47. The van der Waals surface area contributed by atoms with Gasteiger partial charge >= 0.3 is 5.63 Å². The van der Waals surface area contributed by atoms with E-state index in [-0.39, 0.29) is 16.6 Å². The topological polar surface area (TPSA) is 62.8 Å². The monoisotopic (exact) mass is 431 g/mol. The summed E-state index contributed by atoms with van der Waals surface area (Å²) >= 11 is 13.9. The lowest BCUT2D eigenvalue weighted by Crippen LogP contribution is -2.17. The summed E-state index contributed by atoms with van der Waals surface area (Å²) < 4.78 is 5.21. The number of fused-ring (bicyclic) bond motifs is 1. The van der Waals surface area contributed by atoms with E-state index in [2.05, 4.69) is 0 Å². The molecule has 4 rings (SSSR count). The standard InChI is InChI=1S/C21H15Cl2NO3S/c1-11-8-17(25)20(21(26)27-11)16-10-19(12-6-7-13(22)14(23)9-12)28-18-5-3-2-4-15(18)24-16/h2-9,19,25H,10H2,1H3. The van der Waals surface area contributed by atoms with Gasteiger partial charge in [-0.1, -0.05) is 41.4 Å². The lowest BCUT2D eigenvalue weighted by atomic mass is 10.0. The second-order valence-electron chi connectivity index (χ2n) is 6.42. The number of halogens is 2. The van der Waals surface area contributed by atoms with Gasteiger partial charge in [-0.2, -0.15) is 0 Å². The largest absolute Gasteiger partial charge is 0.507 e. The van der Waals surface area contributed by atoms with Crippen molar-refractivity contribution in [2.75, 3.05) is 0 Å². The first-order chi connectivity index (χ1) is 13.4. The molecule has 1 aliphatic rings. The van der Waals surface area contributed by atoms with Crippen LogP contribution in [0.2, 0.25) is 10.0 Å². The minimum atomic E-state index is -0.603. The van der Waals surface area contributed by atoms with Crippen molar-refractivity contribution in [3.63, 3.8) is 0 Å². The molecule has 0 bridgehead atoms. The van der Waals surface area contributed by atoms with Gasteiger partial charge in [0.15, 0.2) is 0 Å². The summed E-state index contributed by atoms with van der Waals surface area (Å²) in [6.45, 7) is 1.61. The molecule has 0 fully saturated rings. The minimum Gasteiger partial charge on any atom is -0.507 e. The van der Waals surface area contributed by atoms with Gasteiger partial charge in [-0.3, -0.25) is 4.99 Å². The summed E-state index contributed by atoms with van der Waals surface area (Å²) in [5, 5.41) is 11.3. The number of aromatic hydroxyl groups is 1. The van der Waals surface area contributed by atoms with Crippen LogP contribution in [0.5, 0.6) is 5.75 Å². The quantitative estimate of drug-likeness (QED) is 0.515.